The van der Waals surface area contributed by atoms with E-state index in [1.807, 2.05) is 24.3 Å². The molecule has 0 saturated carbocycles. The van der Waals surface area contributed by atoms with E-state index >= 15 is 0 Å². The number of benzene rings is 3. The van der Waals surface area contributed by atoms with Gasteiger partial charge in [-0.15, -0.1) is 0 Å². The monoisotopic (exact) mass is 468 g/mol. The van der Waals surface area contributed by atoms with E-state index in [4.69, 9.17) is 4.74 Å². The summed E-state index contributed by atoms with van der Waals surface area (Å²) in [5.74, 6) is 0.717. The van der Waals surface area contributed by atoms with Crippen molar-refractivity contribution in [2.45, 2.75) is 38.1 Å². The number of amides is 1. The Bertz CT molecular complexity index is 1110. The number of hydrogen-bond acceptors (Lipinski definition) is 3. The number of halogens is 3. The number of ether oxygens (including phenoxy) is 1. The Labute approximate surface area is 197 Å². The van der Waals surface area contributed by atoms with Gasteiger partial charge < -0.3 is 10.1 Å². The smallest absolute Gasteiger partial charge is 0.416 e. The van der Waals surface area contributed by atoms with Crippen LogP contribution in [0.2, 0.25) is 0 Å². The van der Waals surface area contributed by atoms with Crippen LogP contribution in [0.4, 0.5) is 13.2 Å². The third-order valence-electron chi connectivity index (χ3n) is 6.16. The van der Waals surface area contributed by atoms with E-state index in [0.717, 1.165) is 54.0 Å². The number of carbonyl (C=O) groups excluding carboxylic acids is 1. The van der Waals surface area contributed by atoms with E-state index in [1.165, 1.54) is 12.1 Å². The number of rotatable bonds is 7. The minimum Gasteiger partial charge on any atom is -0.497 e. The highest BCUT2D eigenvalue weighted by atomic mass is 19.4. The zero-order valence-corrected chi connectivity index (χ0v) is 18.9. The average Bonchev–Trinajstić information content (AvgIpc) is 3.31. The summed E-state index contributed by atoms with van der Waals surface area (Å²) >= 11 is 0. The number of alkyl halides is 3. The molecule has 0 aromatic heterocycles. The summed E-state index contributed by atoms with van der Waals surface area (Å²) in [4.78, 5) is 15.0. The van der Waals surface area contributed by atoms with Gasteiger partial charge in [-0.1, -0.05) is 48.5 Å². The lowest BCUT2D eigenvalue weighted by atomic mass is 10.0. The molecular weight excluding hydrogens is 441 g/mol. The van der Waals surface area contributed by atoms with Crippen LogP contribution < -0.4 is 10.1 Å². The predicted molar refractivity (Wildman–Crippen MR) is 125 cm³/mol. The van der Waals surface area contributed by atoms with Crippen LogP contribution >= 0.6 is 0 Å². The standard InChI is InChI=1S/C27H27F3N2O2/c1-34-24-5-2-4-22(16-24)21-11-7-20(8-12-21)18-32-15-3-6-25(32)26(33)31-17-19-9-13-23(14-10-19)27(28,29)30/h2,4-5,7-14,16,25H,3,6,15,17-18H2,1H3,(H,31,33). The predicted octanol–water partition coefficient (Wildman–Crippen LogP) is 5.66. The van der Waals surface area contributed by atoms with Crippen molar-refractivity contribution in [3.8, 4) is 16.9 Å². The van der Waals surface area contributed by atoms with Gasteiger partial charge in [0.2, 0.25) is 5.91 Å². The minimum atomic E-state index is -4.36. The molecule has 0 radical (unpaired) electrons. The Kier molecular flexibility index (Phi) is 7.22. The van der Waals surface area contributed by atoms with Gasteiger partial charge >= 0.3 is 6.18 Å². The maximum atomic E-state index is 12.8. The van der Waals surface area contributed by atoms with Gasteiger partial charge in [0.15, 0.2) is 0 Å². The molecule has 1 atom stereocenters. The van der Waals surface area contributed by atoms with Crippen molar-refractivity contribution in [2.24, 2.45) is 0 Å². The van der Waals surface area contributed by atoms with Gasteiger partial charge in [0.05, 0.1) is 18.7 Å². The number of nitrogens with zero attached hydrogens (tertiary/aromatic N) is 1. The molecule has 3 aromatic rings. The maximum Gasteiger partial charge on any atom is 0.416 e. The van der Waals surface area contributed by atoms with Gasteiger partial charge in [0.1, 0.15) is 5.75 Å². The molecule has 1 aliphatic rings. The Balaban J connectivity index is 1.34. The van der Waals surface area contributed by atoms with Crippen LogP contribution in [0.3, 0.4) is 0 Å². The molecule has 0 bridgehead atoms. The zero-order chi connectivity index (χ0) is 24.1. The Morgan fingerprint density at radius 1 is 1.00 bits per heavy atom. The van der Waals surface area contributed by atoms with Crippen molar-refractivity contribution in [1.29, 1.82) is 0 Å². The third kappa shape index (κ3) is 5.78. The summed E-state index contributed by atoms with van der Waals surface area (Å²) in [6.45, 7) is 1.70. The van der Waals surface area contributed by atoms with Gasteiger partial charge in [-0.2, -0.15) is 13.2 Å². The van der Waals surface area contributed by atoms with E-state index in [0.29, 0.717) is 12.1 Å². The lowest BCUT2D eigenvalue weighted by Crippen LogP contribution is -2.42. The van der Waals surface area contributed by atoms with Crippen LogP contribution in [0.15, 0.2) is 72.8 Å². The minimum absolute atomic E-state index is 0.0922. The molecule has 178 valence electrons. The quantitative estimate of drug-likeness (QED) is 0.486. The second-order valence-corrected chi connectivity index (χ2v) is 8.47. The summed E-state index contributed by atoms with van der Waals surface area (Å²) in [5, 5.41) is 2.88. The summed E-state index contributed by atoms with van der Waals surface area (Å²) in [6.07, 6.45) is -2.67. The molecule has 4 nitrogen and oxygen atoms in total. The molecule has 1 N–H and O–H groups in total. The molecule has 1 fully saturated rings. The van der Waals surface area contributed by atoms with Crippen LogP contribution in [-0.4, -0.2) is 30.5 Å². The number of hydrogen-bond donors (Lipinski definition) is 1. The molecule has 0 spiro atoms. The fraction of sp³-hybridized carbons (Fsp3) is 0.296. The number of methoxy groups -OCH3 is 1. The summed E-state index contributed by atoms with van der Waals surface area (Å²) in [6, 6.07) is 20.8. The molecule has 1 heterocycles. The van der Waals surface area contributed by atoms with E-state index in [-0.39, 0.29) is 18.5 Å². The second-order valence-electron chi connectivity index (χ2n) is 8.47. The molecule has 3 aromatic carbocycles. The fourth-order valence-corrected chi connectivity index (χ4v) is 4.27. The number of likely N-dealkylation sites (tertiary alicyclic amines) is 1. The highest BCUT2D eigenvalue weighted by Gasteiger charge is 2.31. The number of carbonyl (C=O) groups is 1. The first-order valence-corrected chi connectivity index (χ1v) is 11.2. The van der Waals surface area contributed by atoms with Crippen LogP contribution in [0, 0.1) is 0 Å². The lowest BCUT2D eigenvalue weighted by Gasteiger charge is -2.24. The van der Waals surface area contributed by atoms with Gasteiger partial charge in [0, 0.05) is 13.1 Å². The van der Waals surface area contributed by atoms with Gasteiger partial charge in [-0.25, -0.2) is 0 Å². The van der Waals surface area contributed by atoms with Crippen molar-refractivity contribution in [3.63, 3.8) is 0 Å². The fourth-order valence-electron chi connectivity index (χ4n) is 4.27. The molecule has 1 amide bonds. The molecule has 4 rings (SSSR count). The zero-order valence-electron chi connectivity index (χ0n) is 18.9. The maximum absolute atomic E-state index is 12.8. The highest BCUT2D eigenvalue weighted by molar-refractivity contribution is 5.82. The van der Waals surface area contributed by atoms with Gasteiger partial charge in [0.25, 0.3) is 0 Å². The van der Waals surface area contributed by atoms with E-state index in [9.17, 15) is 18.0 Å². The Hall–Kier alpha value is -3.32. The van der Waals surface area contributed by atoms with E-state index in [1.54, 1.807) is 7.11 Å². The van der Waals surface area contributed by atoms with Crippen LogP contribution in [-0.2, 0) is 24.1 Å². The van der Waals surface area contributed by atoms with E-state index < -0.39 is 11.7 Å². The van der Waals surface area contributed by atoms with Crippen molar-refractivity contribution >= 4 is 5.91 Å². The first-order valence-electron chi connectivity index (χ1n) is 11.2. The van der Waals surface area contributed by atoms with Gasteiger partial charge in [-0.3, -0.25) is 9.69 Å². The molecular formula is C27H27F3N2O2. The molecule has 34 heavy (non-hydrogen) atoms. The van der Waals surface area contributed by atoms with Gasteiger partial charge in [-0.05, 0) is 65.9 Å². The lowest BCUT2D eigenvalue weighted by molar-refractivity contribution is -0.137. The van der Waals surface area contributed by atoms with Crippen molar-refractivity contribution < 1.29 is 22.7 Å². The molecule has 1 unspecified atom stereocenters. The Morgan fingerprint density at radius 3 is 2.38 bits per heavy atom. The van der Waals surface area contributed by atoms with Crippen LogP contribution in [0.1, 0.15) is 29.5 Å². The molecule has 0 aliphatic carbocycles. The SMILES string of the molecule is COc1cccc(-c2ccc(CN3CCCC3C(=O)NCc3ccc(C(F)(F)F)cc3)cc2)c1. The molecule has 1 aliphatic heterocycles. The first-order chi connectivity index (χ1) is 16.3. The largest absolute Gasteiger partial charge is 0.497 e. The summed E-state index contributed by atoms with van der Waals surface area (Å²) in [7, 11) is 1.65. The Morgan fingerprint density at radius 2 is 1.71 bits per heavy atom. The van der Waals surface area contributed by atoms with Crippen molar-refractivity contribution in [3.05, 3.63) is 89.5 Å². The number of nitrogens with one attached hydrogen (secondary N) is 1. The highest BCUT2D eigenvalue weighted by Crippen LogP contribution is 2.29. The first kappa shape index (κ1) is 23.8. The summed E-state index contributed by atoms with van der Waals surface area (Å²) in [5.41, 5.74) is 3.23. The van der Waals surface area contributed by atoms with Crippen LogP contribution in [0.25, 0.3) is 11.1 Å². The summed E-state index contributed by atoms with van der Waals surface area (Å²) < 4.78 is 43.5. The third-order valence-corrected chi connectivity index (χ3v) is 6.16. The van der Waals surface area contributed by atoms with Crippen molar-refractivity contribution in [2.75, 3.05) is 13.7 Å². The van der Waals surface area contributed by atoms with Crippen molar-refractivity contribution in [1.82, 2.24) is 10.2 Å². The topological polar surface area (TPSA) is 41.6 Å². The van der Waals surface area contributed by atoms with E-state index in [2.05, 4.69) is 34.5 Å². The second kappa shape index (κ2) is 10.3. The molecule has 1 saturated heterocycles. The van der Waals surface area contributed by atoms with Crippen LogP contribution in [0.5, 0.6) is 5.75 Å². The molecule has 7 heteroatoms. The average molecular weight is 469 g/mol. The normalized spacial score (nSPS) is 16.4.